The Morgan fingerprint density at radius 2 is 1.83 bits per heavy atom. The number of alkyl halides is 1. The van der Waals surface area contributed by atoms with Crippen molar-refractivity contribution in [2.75, 3.05) is 5.73 Å². The van der Waals surface area contributed by atoms with Gasteiger partial charge in [0, 0.05) is 12.0 Å². The highest BCUT2D eigenvalue weighted by atomic mass is 35.5. The lowest BCUT2D eigenvalue weighted by Crippen LogP contribution is -2.53. The van der Waals surface area contributed by atoms with Crippen LogP contribution in [0.4, 0.5) is 10.2 Å². The second-order valence-corrected chi connectivity index (χ2v) is 10.1. The van der Waals surface area contributed by atoms with Gasteiger partial charge in [0.2, 0.25) is 5.28 Å². The van der Waals surface area contributed by atoms with Gasteiger partial charge in [-0.1, -0.05) is 42.5 Å². The Balaban J connectivity index is 1.24. The molecule has 1 saturated carbocycles. The number of rotatable bonds is 8. The van der Waals surface area contributed by atoms with Crippen LogP contribution >= 0.6 is 11.6 Å². The number of phenolic OH excluding ortho intramolecular Hbond substituents is 1. The summed E-state index contributed by atoms with van der Waals surface area (Å²) in [5.41, 5.74) is 2.10. The molecule has 15 heteroatoms. The van der Waals surface area contributed by atoms with Crippen LogP contribution in [0, 0.1) is 0 Å². The van der Waals surface area contributed by atoms with Crippen molar-refractivity contribution in [3.63, 3.8) is 0 Å². The summed E-state index contributed by atoms with van der Waals surface area (Å²) in [5.74, 6) is -3.72. The van der Waals surface area contributed by atoms with Crippen molar-refractivity contribution in [1.82, 2.24) is 19.5 Å². The van der Waals surface area contributed by atoms with Gasteiger partial charge in [-0.2, -0.15) is 9.97 Å². The van der Waals surface area contributed by atoms with Gasteiger partial charge in [-0.25, -0.2) is 19.0 Å². The molecular formula is C26H21ClFN5O8. The lowest BCUT2D eigenvalue weighted by Gasteiger charge is -2.29. The highest BCUT2D eigenvalue weighted by Gasteiger charge is 2.80. The van der Waals surface area contributed by atoms with Crippen molar-refractivity contribution in [3.05, 3.63) is 65.7 Å². The number of aromatic nitrogens is 4. The van der Waals surface area contributed by atoms with Crippen LogP contribution in [-0.4, -0.2) is 81.5 Å². The minimum atomic E-state index is -2.88. The lowest BCUT2D eigenvalue weighted by atomic mass is 9.92. The standard InChI is InChI=1S/C26H21ClFN5O8/c27-24-31-19(29)15-20(32-24)33(10-30-15)21-16(28)26(39)17(40-21)18(26)41-25(22(35)36,23(37)38)9-11-5-7-12(8-6-11)13-3-1-2-4-14(13)34/h1-8,10,16-18,21,34,39H,9H2,(H,35,36)(H,37,38)(H2,29,31,32)/t16-,17-,18?,21-,26+/m1/s1. The summed E-state index contributed by atoms with van der Waals surface area (Å²) in [6.45, 7) is 0. The Hall–Kier alpha value is -4.37. The number of aliphatic carboxylic acids is 2. The minimum absolute atomic E-state index is 0.0318. The number of carbonyl (C=O) groups is 2. The normalized spacial score (nSPS) is 25.2. The molecule has 5 atom stereocenters. The van der Waals surface area contributed by atoms with Crippen LogP contribution in [0.5, 0.6) is 5.75 Å². The molecule has 0 amide bonds. The average Bonchev–Trinajstić information content (AvgIpc) is 3.17. The number of hydrogen-bond donors (Lipinski definition) is 5. The molecule has 212 valence electrons. The van der Waals surface area contributed by atoms with Crippen LogP contribution in [0.1, 0.15) is 11.8 Å². The number of carboxylic acids is 2. The predicted molar refractivity (Wildman–Crippen MR) is 139 cm³/mol. The zero-order valence-electron chi connectivity index (χ0n) is 20.8. The first-order valence-electron chi connectivity index (χ1n) is 12.2. The van der Waals surface area contributed by atoms with Gasteiger partial charge in [0.05, 0.1) is 6.33 Å². The van der Waals surface area contributed by atoms with Crippen LogP contribution in [0.2, 0.25) is 5.28 Å². The quantitative estimate of drug-likeness (QED) is 0.149. The predicted octanol–water partition coefficient (Wildman–Crippen LogP) is 1.95. The highest BCUT2D eigenvalue weighted by molar-refractivity contribution is 6.28. The van der Waals surface area contributed by atoms with E-state index in [1.807, 2.05) is 0 Å². The molecule has 0 bridgehead atoms. The monoisotopic (exact) mass is 585 g/mol. The number of hydrogen-bond acceptors (Lipinski definition) is 10. The number of nitrogens with zero attached hydrogens (tertiary/aromatic N) is 4. The first-order chi connectivity index (χ1) is 19.5. The molecule has 2 aromatic carbocycles. The van der Waals surface area contributed by atoms with Crippen molar-refractivity contribution in [2.45, 2.75) is 42.2 Å². The van der Waals surface area contributed by atoms with Gasteiger partial charge < -0.3 is 35.6 Å². The fourth-order valence-electron chi connectivity index (χ4n) is 5.14. The van der Waals surface area contributed by atoms with E-state index in [2.05, 4.69) is 15.0 Å². The van der Waals surface area contributed by atoms with Gasteiger partial charge in [-0.15, -0.1) is 0 Å². The second kappa shape index (κ2) is 9.34. The van der Waals surface area contributed by atoms with Crippen LogP contribution in [0.15, 0.2) is 54.9 Å². The maximum atomic E-state index is 15.7. The number of nitrogens with two attached hydrogens (primary N) is 1. The Kier molecular flexibility index (Phi) is 6.11. The summed E-state index contributed by atoms with van der Waals surface area (Å²) in [5, 5.41) is 40.9. The van der Waals surface area contributed by atoms with Crippen LogP contribution < -0.4 is 5.73 Å². The van der Waals surface area contributed by atoms with E-state index in [9.17, 15) is 30.0 Å². The number of para-hydroxylation sites is 1. The number of anilines is 1. The number of benzene rings is 2. The summed E-state index contributed by atoms with van der Waals surface area (Å²) >= 11 is 5.86. The zero-order chi connectivity index (χ0) is 29.3. The van der Waals surface area contributed by atoms with Gasteiger partial charge in [0.25, 0.3) is 5.60 Å². The molecule has 3 heterocycles. The van der Waals surface area contributed by atoms with E-state index >= 15 is 4.39 Å². The topological polar surface area (TPSA) is 203 Å². The molecule has 2 aromatic heterocycles. The first-order valence-corrected chi connectivity index (χ1v) is 12.5. The zero-order valence-corrected chi connectivity index (χ0v) is 21.5. The molecule has 1 aliphatic carbocycles. The van der Waals surface area contributed by atoms with E-state index in [-0.39, 0.29) is 33.6 Å². The van der Waals surface area contributed by atoms with Crippen molar-refractivity contribution < 1.29 is 43.9 Å². The molecule has 1 unspecified atom stereocenters. The van der Waals surface area contributed by atoms with Crippen molar-refractivity contribution in [1.29, 1.82) is 0 Å². The molecule has 6 rings (SSSR count). The molecule has 2 fully saturated rings. The molecule has 6 N–H and O–H groups in total. The minimum Gasteiger partial charge on any atom is -0.507 e. The number of nitrogen functional groups attached to an aromatic ring is 1. The fourth-order valence-corrected chi connectivity index (χ4v) is 5.31. The van der Waals surface area contributed by atoms with Gasteiger partial charge in [0.15, 0.2) is 29.5 Å². The van der Waals surface area contributed by atoms with E-state index < -0.39 is 54.2 Å². The van der Waals surface area contributed by atoms with Gasteiger partial charge in [-0.05, 0) is 28.8 Å². The van der Waals surface area contributed by atoms with E-state index in [1.165, 1.54) is 24.5 Å². The summed E-state index contributed by atoms with van der Waals surface area (Å²) in [7, 11) is 0. The fraction of sp³-hybridized carbons (Fsp3) is 0.269. The van der Waals surface area contributed by atoms with E-state index in [1.54, 1.807) is 30.3 Å². The lowest BCUT2D eigenvalue weighted by molar-refractivity contribution is -0.194. The summed E-state index contributed by atoms with van der Waals surface area (Å²) < 4.78 is 28.0. The Morgan fingerprint density at radius 1 is 1.15 bits per heavy atom. The van der Waals surface area contributed by atoms with E-state index in [0.717, 1.165) is 4.57 Å². The largest absolute Gasteiger partial charge is 0.507 e. The third-order valence-corrected chi connectivity index (χ3v) is 7.56. The SMILES string of the molecule is Nc1nc(Cl)nc2c1ncn2[C@@H]1O[C@@H]2C(OC(Cc3ccc(-c4ccccc4O)cc3)(C(=O)O)C(=O)O)[C@]2(O)[C@@H]1F. The number of imidazole rings is 1. The number of halogens is 2. The molecule has 1 saturated heterocycles. The Bertz CT molecular complexity index is 1690. The molecule has 0 radical (unpaired) electrons. The number of carboxylic acid groups (broad SMARTS) is 2. The molecule has 13 nitrogen and oxygen atoms in total. The van der Waals surface area contributed by atoms with Gasteiger partial charge >= 0.3 is 11.9 Å². The van der Waals surface area contributed by atoms with Crippen molar-refractivity contribution in [2.24, 2.45) is 0 Å². The summed E-state index contributed by atoms with van der Waals surface area (Å²) in [6.07, 6.45) is -6.14. The summed E-state index contributed by atoms with van der Waals surface area (Å²) in [4.78, 5) is 36.4. The molecule has 2 aliphatic rings. The van der Waals surface area contributed by atoms with Crippen LogP contribution in [0.3, 0.4) is 0 Å². The number of ether oxygens (including phenoxy) is 2. The van der Waals surface area contributed by atoms with E-state index in [0.29, 0.717) is 11.1 Å². The Labute approximate surface area is 234 Å². The number of aromatic hydroxyl groups is 1. The molecule has 0 spiro atoms. The van der Waals surface area contributed by atoms with Crippen molar-refractivity contribution in [3.8, 4) is 16.9 Å². The average molecular weight is 586 g/mol. The second-order valence-electron chi connectivity index (χ2n) is 9.80. The van der Waals surface area contributed by atoms with Crippen molar-refractivity contribution >= 4 is 40.5 Å². The third-order valence-electron chi connectivity index (χ3n) is 7.39. The molecular weight excluding hydrogens is 565 g/mol. The maximum Gasteiger partial charge on any atom is 0.348 e. The molecule has 41 heavy (non-hydrogen) atoms. The molecule has 1 aliphatic heterocycles. The smallest absolute Gasteiger partial charge is 0.348 e. The van der Waals surface area contributed by atoms with Crippen LogP contribution in [0.25, 0.3) is 22.3 Å². The number of phenols is 1. The number of fused-ring (bicyclic) bond motifs is 2. The Morgan fingerprint density at radius 3 is 2.44 bits per heavy atom. The maximum absolute atomic E-state index is 15.7. The van der Waals surface area contributed by atoms with E-state index in [4.69, 9.17) is 26.8 Å². The van der Waals surface area contributed by atoms with Gasteiger partial charge in [-0.3, -0.25) is 4.57 Å². The van der Waals surface area contributed by atoms with Gasteiger partial charge in [0.1, 0.15) is 23.5 Å². The summed E-state index contributed by atoms with van der Waals surface area (Å²) in [6, 6.07) is 12.7. The highest BCUT2D eigenvalue weighted by Crippen LogP contribution is 2.58. The molecule has 4 aromatic rings. The van der Waals surface area contributed by atoms with Crippen LogP contribution in [-0.2, 0) is 25.5 Å². The third kappa shape index (κ3) is 4.06. The number of aliphatic hydroxyl groups is 1. The first kappa shape index (κ1) is 26.8.